The third kappa shape index (κ3) is 2.69. The van der Waals surface area contributed by atoms with Crippen LogP contribution in [0.15, 0.2) is 0 Å². The Balaban J connectivity index is 2.49. The van der Waals surface area contributed by atoms with Crippen LogP contribution in [0.2, 0.25) is 0 Å². The van der Waals surface area contributed by atoms with Crippen LogP contribution in [0.1, 0.15) is 33.6 Å². The van der Waals surface area contributed by atoms with E-state index in [1.54, 1.807) is 0 Å². The lowest BCUT2D eigenvalue weighted by molar-refractivity contribution is -0.176. The van der Waals surface area contributed by atoms with E-state index in [0.717, 1.165) is 0 Å². The molecule has 0 amide bonds. The maximum absolute atomic E-state index is 10.9. The molecule has 82 valence electrons. The van der Waals surface area contributed by atoms with E-state index >= 15 is 0 Å². The van der Waals surface area contributed by atoms with E-state index < -0.39 is 17.5 Å². The Morgan fingerprint density at radius 3 is 2.21 bits per heavy atom. The summed E-state index contributed by atoms with van der Waals surface area (Å²) in [6.45, 7) is 5.50. The first kappa shape index (κ1) is 11.5. The van der Waals surface area contributed by atoms with Gasteiger partial charge in [0.05, 0.1) is 12.2 Å². The zero-order valence-corrected chi connectivity index (χ0v) is 8.86. The van der Waals surface area contributed by atoms with Gasteiger partial charge in [0, 0.05) is 0 Å². The highest BCUT2D eigenvalue weighted by molar-refractivity contribution is 5.73. The zero-order valence-electron chi connectivity index (χ0n) is 8.86. The minimum Gasteiger partial charge on any atom is -0.479 e. The number of carbonyl (C=O) groups is 1. The summed E-state index contributed by atoms with van der Waals surface area (Å²) in [7, 11) is 0. The number of aliphatic carboxylic acids is 1. The molecule has 4 heteroatoms. The Labute approximate surface area is 83.9 Å². The molecule has 1 unspecified atom stereocenters. The summed E-state index contributed by atoms with van der Waals surface area (Å²) < 4.78 is 5.42. The molecule has 4 nitrogen and oxygen atoms in total. The first-order chi connectivity index (χ1) is 6.30. The number of rotatable bonds is 3. The fourth-order valence-corrected chi connectivity index (χ4v) is 1.47. The van der Waals surface area contributed by atoms with Crippen LogP contribution in [0.25, 0.3) is 0 Å². The van der Waals surface area contributed by atoms with Gasteiger partial charge in [0.25, 0.3) is 0 Å². The predicted octanol–water partition coefficient (Wildman–Crippen LogP) is 1.03. The smallest absolute Gasteiger partial charge is 0.333 e. The average molecular weight is 202 g/mol. The highest BCUT2D eigenvalue weighted by atomic mass is 16.5. The SMILES string of the molecule is CC(C)(C)C(OC1CC(O)C1)C(=O)O. The van der Waals surface area contributed by atoms with Gasteiger partial charge in [-0.2, -0.15) is 0 Å². The Morgan fingerprint density at radius 1 is 1.43 bits per heavy atom. The van der Waals surface area contributed by atoms with E-state index in [1.165, 1.54) is 0 Å². The summed E-state index contributed by atoms with van der Waals surface area (Å²) in [6.07, 6.45) is -0.0839. The van der Waals surface area contributed by atoms with E-state index in [2.05, 4.69) is 0 Å². The van der Waals surface area contributed by atoms with Gasteiger partial charge in [0.1, 0.15) is 0 Å². The number of aliphatic hydroxyl groups is 1. The summed E-state index contributed by atoms with van der Waals surface area (Å²) >= 11 is 0. The zero-order chi connectivity index (χ0) is 10.9. The van der Waals surface area contributed by atoms with Crippen LogP contribution >= 0.6 is 0 Å². The number of carboxylic acids is 1. The molecular weight excluding hydrogens is 184 g/mol. The maximum Gasteiger partial charge on any atom is 0.333 e. The van der Waals surface area contributed by atoms with Crippen molar-refractivity contribution < 1.29 is 19.7 Å². The van der Waals surface area contributed by atoms with Crippen LogP contribution in [0.5, 0.6) is 0 Å². The lowest BCUT2D eigenvalue weighted by Crippen LogP contribution is -2.45. The van der Waals surface area contributed by atoms with Crippen molar-refractivity contribution in [1.82, 2.24) is 0 Å². The van der Waals surface area contributed by atoms with Crippen molar-refractivity contribution >= 4 is 5.97 Å². The molecule has 2 N–H and O–H groups in total. The Kier molecular flexibility index (Phi) is 3.17. The van der Waals surface area contributed by atoms with Crippen molar-refractivity contribution in [3.8, 4) is 0 Å². The molecule has 0 aromatic carbocycles. The minimum atomic E-state index is -0.932. The molecule has 0 radical (unpaired) electrons. The molecule has 1 saturated carbocycles. The van der Waals surface area contributed by atoms with Gasteiger partial charge in [0.2, 0.25) is 0 Å². The normalized spacial score (nSPS) is 29.4. The van der Waals surface area contributed by atoms with Gasteiger partial charge in [0.15, 0.2) is 6.10 Å². The van der Waals surface area contributed by atoms with E-state index in [4.69, 9.17) is 14.9 Å². The highest BCUT2D eigenvalue weighted by Gasteiger charge is 2.38. The van der Waals surface area contributed by atoms with Gasteiger partial charge >= 0.3 is 5.97 Å². The largest absolute Gasteiger partial charge is 0.479 e. The van der Waals surface area contributed by atoms with Crippen molar-refractivity contribution in [2.24, 2.45) is 5.41 Å². The number of hydrogen-bond donors (Lipinski definition) is 2. The fourth-order valence-electron chi connectivity index (χ4n) is 1.47. The number of carboxylic acid groups (broad SMARTS) is 1. The Bertz CT molecular complexity index is 213. The van der Waals surface area contributed by atoms with Gasteiger partial charge in [-0.25, -0.2) is 4.79 Å². The number of ether oxygens (including phenoxy) is 1. The first-order valence-corrected chi connectivity index (χ1v) is 4.87. The van der Waals surface area contributed by atoms with Gasteiger partial charge in [-0.1, -0.05) is 20.8 Å². The molecule has 1 aliphatic rings. The average Bonchev–Trinajstić information content (AvgIpc) is 1.92. The molecule has 0 bridgehead atoms. The molecule has 14 heavy (non-hydrogen) atoms. The van der Waals surface area contributed by atoms with Crippen LogP contribution in [0.3, 0.4) is 0 Å². The van der Waals surface area contributed by atoms with Gasteiger partial charge in [-0.3, -0.25) is 0 Å². The molecular formula is C10H18O4. The summed E-state index contributed by atoms with van der Waals surface area (Å²) in [4.78, 5) is 10.9. The van der Waals surface area contributed by atoms with Gasteiger partial charge in [-0.05, 0) is 18.3 Å². The second-order valence-corrected chi connectivity index (χ2v) is 4.97. The second-order valence-electron chi connectivity index (χ2n) is 4.97. The van der Waals surface area contributed by atoms with E-state index in [0.29, 0.717) is 12.8 Å². The molecule has 0 aliphatic heterocycles. The summed E-state index contributed by atoms with van der Waals surface area (Å²) in [5.41, 5.74) is -0.410. The van der Waals surface area contributed by atoms with E-state index in [1.807, 2.05) is 20.8 Å². The minimum absolute atomic E-state index is 0.0923. The summed E-state index contributed by atoms with van der Waals surface area (Å²) in [5, 5.41) is 18.0. The fraction of sp³-hybridized carbons (Fsp3) is 0.900. The second kappa shape index (κ2) is 3.87. The summed E-state index contributed by atoms with van der Waals surface area (Å²) in [6, 6.07) is 0. The first-order valence-electron chi connectivity index (χ1n) is 4.87. The predicted molar refractivity (Wildman–Crippen MR) is 51.0 cm³/mol. The van der Waals surface area contributed by atoms with E-state index in [9.17, 15) is 4.79 Å². The van der Waals surface area contributed by atoms with Crippen molar-refractivity contribution in [1.29, 1.82) is 0 Å². The Morgan fingerprint density at radius 2 is 1.93 bits per heavy atom. The van der Waals surface area contributed by atoms with Crippen molar-refractivity contribution in [3.63, 3.8) is 0 Å². The maximum atomic E-state index is 10.9. The summed E-state index contributed by atoms with van der Waals surface area (Å²) in [5.74, 6) is -0.932. The van der Waals surface area contributed by atoms with Crippen LogP contribution in [0, 0.1) is 5.41 Å². The number of hydrogen-bond acceptors (Lipinski definition) is 3. The molecule has 0 aromatic rings. The molecule has 1 fully saturated rings. The molecule has 1 rings (SSSR count). The number of aliphatic hydroxyl groups excluding tert-OH is 1. The molecule has 0 saturated heterocycles. The molecule has 1 atom stereocenters. The van der Waals surface area contributed by atoms with Crippen molar-refractivity contribution in [3.05, 3.63) is 0 Å². The Hall–Kier alpha value is -0.610. The van der Waals surface area contributed by atoms with Crippen LogP contribution in [-0.2, 0) is 9.53 Å². The molecule has 1 aliphatic carbocycles. The highest BCUT2D eigenvalue weighted by Crippen LogP contribution is 2.30. The molecule has 0 spiro atoms. The topological polar surface area (TPSA) is 66.8 Å². The monoisotopic (exact) mass is 202 g/mol. The molecule has 0 aromatic heterocycles. The van der Waals surface area contributed by atoms with Crippen LogP contribution in [0.4, 0.5) is 0 Å². The van der Waals surface area contributed by atoms with Crippen molar-refractivity contribution in [2.45, 2.75) is 51.9 Å². The lowest BCUT2D eigenvalue weighted by Gasteiger charge is -2.37. The van der Waals surface area contributed by atoms with Crippen LogP contribution < -0.4 is 0 Å². The van der Waals surface area contributed by atoms with Crippen molar-refractivity contribution in [2.75, 3.05) is 0 Å². The third-order valence-electron chi connectivity index (χ3n) is 2.41. The third-order valence-corrected chi connectivity index (χ3v) is 2.41. The lowest BCUT2D eigenvalue weighted by atomic mass is 9.87. The van der Waals surface area contributed by atoms with E-state index in [-0.39, 0.29) is 12.2 Å². The van der Waals surface area contributed by atoms with Crippen LogP contribution in [-0.4, -0.2) is 34.5 Å². The van der Waals surface area contributed by atoms with Gasteiger partial charge < -0.3 is 14.9 Å². The quantitative estimate of drug-likeness (QED) is 0.717. The standard InChI is InChI=1S/C10H18O4/c1-10(2,3)8(9(12)13)14-7-4-6(11)5-7/h6-8,11H,4-5H2,1-3H3,(H,12,13). The molecule has 0 heterocycles. The van der Waals surface area contributed by atoms with Gasteiger partial charge in [-0.15, -0.1) is 0 Å².